The summed E-state index contributed by atoms with van der Waals surface area (Å²) in [5.41, 5.74) is 3.26. The number of carboxylic acids is 1. The summed E-state index contributed by atoms with van der Waals surface area (Å²) in [5, 5.41) is 26.5. The smallest absolute Gasteiger partial charge is 0.338 e. The first-order chi connectivity index (χ1) is 6.06. The van der Waals surface area contributed by atoms with E-state index in [-0.39, 0.29) is 6.42 Å². The molecule has 0 saturated carbocycles. The predicted molar refractivity (Wildman–Crippen MR) is 47.2 cm³/mol. The quantitative estimate of drug-likeness (QED) is 0.399. The number of hydrogen-bond donors (Lipinski definition) is 4. The number of aliphatic hydroxyl groups excluding tert-OH is 1. The minimum absolute atomic E-state index is 0.0683. The highest BCUT2D eigenvalue weighted by Gasteiger charge is 2.34. The molecule has 5 nitrogen and oxygen atoms in total. The number of carboxylic acid groups (broad SMARTS) is 1. The number of unbranched alkanes of at least 4 members (excludes halogenated alkanes) is 2. The van der Waals surface area contributed by atoms with Crippen LogP contribution in [0.3, 0.4) is 0 Å². The molecule has 0 aromatic carbocycles. The Morgan fingerprint density at radius 3 is 2.31 bits per heavy atom. The van der Waals surface area contributed by atoms with Crippen LogP contribution in [0.2, 0.25) is 0 Å². The molecule has 0 aromatic rings. The Hall–Kier alpha value is -0.650. The van der Waals surface area contributed by atoms with Gasteiger partial charge in [-0.1, -0.05) is 6.42 Å². The van der Waals surface area contributed by atoms with Gasteiger partial charge in [0.25, 0.3) is 0 Å². The summed E-state index contributed by atoms with van der Waals surface area (Å²) in [6.07, 6.45) is 2.20. The van der Waals surface area contributed by atoms with E-state index in [1.54, 1.807) is 0 Å². The molecule has 0 aliphatic carbocycles. The first kappa shape index (κ1) is 12.3. The monoisotopic (exact) mass is 191 g/mol. The lowest BCUT2D eigenvalue weighted by atomic mass is 9.97. The third-order valence-electron chi connectivity index (χ3n) is 1.95. The van der Waals surface area contributed by atoms with Crippen LogP contribution in [0.25, 0.3) is 0 Å². The summed E-state index contributed by atoms with van der Waals surface area (Å²) in [4.78, 5) is 10.5. The zero-order valence-electron chi connectivity index (χ0n) is 7.57. The van der Waals surface area contributed by atoms with Crippen molar-refractivity contribution in [2.45, 2.75) is 31.3 Å². The second kappa shape index (κ2) is 5.90. The van der Waals surface area contributed by atoms with Crippen molar-refractivity contribution in [3.63, 3.8) is 0 Å². The fourth-order valence-corrected chi connectivity index (χ4v) is 0.992. The lowest BCUT2D eigenvalue weighted by Gasteiger charge is -2.20. The maximum Gasteiger partial charge on any atom is 0.338 e. The van der Waals surface area contributed by atoms with E-state index < -0.39 is 18.2 Å². The van der Waals surface area contributed by atoms with E-state index in [2.05, 4.69) is 0 Å². The van der Waals surface area contributed by atoms with Crippen LogP contribution in [-0.2, 0) is 4.79 Å². The molecule has 5 N–H and O–H groups in total. The van der Waals surface area contributed by atoms with Crippen LogP contribution >= 0.6 is 0 Å². The van der Waals surface area contributed by atoms with Gasteiger partial charge >= 0.3 is 5.97 Å². The predicted octanol–water partition coefficient (Wildman–Crippen LogP) is -0.686. The highest BCUT2D eigenvalue weighted by molar-refractivity contribution is 5.77. The molecular weight excluding hydrogens is 174 g/mol. The van der Waals surface area contributed by atoms with Crippen molar-refractivity contribution in [3.8, 4) is 0 Å². The Bertz CT molecular complexity index is 162. The van der Waals surface area contributed by atoms with Gasteiger partial charge in [0.15, 0.2) is 5.60 Å². The lowest BCUT2D eigenvalue weighted by molar-refractivity contribution is -0.163. The summed E-state index contributed by atoms with van der Waals surface area (Å²) in [7, 11) is 0. The fraction of sp³-hybridized carbons (Fsp3) is 0.875. The number of nitrogens with two attached hydrogens (primary N) is 1. The summed E-state index contributed by atoms with van der Waals surface area (Å²) in [5.74, 6) is -1.37. The topological polar surface area (TPSA) is 104 Å². The largest absolute Gasteiger partial charge is 0.479 e. The standard InChI is InChI=1S/C8H17NO4/c9-5-3-1-2-4-8(13,6-10)7(11)12/h10,13H,1-6,9H2,(H,11,12). The number of hydrogen-bond acceptors (Lipinski definition) is 4. The number of carbonyl (C=O) groups is 1. The van der Waals surface area contributed by atoms with E-state index in [1.165, 1.54) is 0 Å². The molecule has 0 aliphatic heterocycles. The van der Waals surface area contributed by atoms with Crippen LogP contribution in [-0.4, -0.2) is 40.0 Å². The minimum Gasteiger partial charge on any atom is -0.479 e. The molecule has 0 radical (unpaired) electrons. The molecule has 0 heterocycles. The molecule has 0 spiro atoms. The molecule has 5 heteroatoms. The van der Waals surface area contributed by atoms with Gasteiger partial charge in [0.05, 0.1) is 6.61 Å². The van der Waals surface area contributed by atoms with Gasteiger partial charge in [-0.3, -0.25) is 0 Å². The zero-order chi connectivity index (χ0) is 10.3. The highest BCUT2D eigenvalue weighted by atomic mass is 16.4. The molecular formula is C8H17NO4. The van der Waals surface area contributed by atoms with Gasteiger partial charge in [-0.05, 0) is 25.8 Å². The van der Waals surface area contributed by atoms with E-state index in [9.17, 15) is 9.90 Å². The second-order valence-electron chi connectivity index (χ2n) is 3.09. The van der Waals surface area contributed by atoms with Gasteiger partial charge in [0.1, 0.15) is 0 Å². The van der Waals surface area contributed by atoms with E-state index in [4.69, 9.17) is 15.9 Å². The van der Waals surface area contributed by atoms with Crippen molar-refractivity contribution in [1.82, 2.24) is 0 Å². The molecule has 78 valence electrons. The van der Waals surface area contributed by atoms with Crippen molar-refractivity contribution >= 4 is 5.97 Å². The summed E-state index contributed by atoms with van der Waals surface area (Å²) in [6, 6.07) is 0. The lowest BCUT2D eigenvalue weighted by Crippen LogP contribution is -2.42. The van der Waals surface area contributed by atoms with Crippen molar-refractivity contribution < 1.29 is 20.1 Å². The van der Waals surface area contributed by atoms with E-state index in [0.717, 1.165) is 12.8 Å². The Morgan fingerprint density at radius 1 is 1.31 bits per heavy atom. The van der Waals surface area contributed by atoms with Gasteiger partial charge in [-0.2, -0.15) is 0 Å². The van der Waals surface area contributed by atoms with Crippen LogP contribution in [0.5, 0.6) is 0 Å². The number of aliphatic carboxylic acids is 1. The first-order valence-corrected chi connectivity index (χ1v) is 4.33. The molecule has 13 heavy (non-hydrogen) atoms. The molecule has 0 aliphatic rings. The van der Waals surface area contributed by atoms with Crippen molar-refractivity contribution in [2.75, 3.05) is 13.2 Å². The van der Waals surface area contributed by atoms with Gasteiger partial charge in [0.2, 0.25) is 0 Å². The zero-order valence-corrected chi connectivity index (χ0v) is 7.57. The summed E-state index contributed by atoms with van der Waals surface area (Å²) < 4.78 is 0. The van der Waals surface area contributed by atoms with Crippen molar-refractivity contribution in [2.24, 2.45) is 5.73 Å². The molecule has 0 saturated heterocycles. The Morgan fingerprint density at radius 2 is 1.92 bits per heavy atom. The molecule has 0 rings (SSSR count). The molecule has 0 fully saturated rings. The number of aliphatic hydroxyl groups is 2. The van der Waals surface area contributed by atoms with Crippen LogP contribution in [0.1, 0.15) is 25.7 Å². The SMILES string of the molecule is NCCCCCC(O)(CO)C(=O)O. The van der Waals surface area contributed by atoms with Crippen LogP contribution < -0.4 is 5.73 Å². The van der Waals surface area contributed by atoms with Gasteiger partial charge < -0.3 is 21.1 Å². The van der Waals surface area contributed by atoms with Gasteiger partial charge in [-0.25, -0.2) is 4.79 Å². The first-order valence-electron chi connectivity index (χ1n) is 4.33. The van der Waals surface area contributed by atoms with Crippen LogP contribution in [0, 0.1) is 0 Å². The fourth-order valence-electron chi connectivity index (χ4n) is 0.992. The van der Waals surface area contributed by atoms with Gasteiger partial charge in [-0.15, -0.1) is 0 Å². The highest BCUT2D eigenvalue weighted by Crippen LogP contribution is 2.14. The summed E-state index contributed by atoms with van der Waals surface area (Å²) in [6.45, 7) is -0.185. The average molecular weight is 191 g/mol. The maximum atomic E-state index is 10.5. The van der Waals surface area contributed by atoms with Crippen molar-refractivity contribution in [3.05, 3.63) is 0 Å². The second-order valence-corrected chi connectivity index (χ2v) is 3.09. The Labute approximate surface area is 77.2 Å². The molecule has 0 aromatic heterocycles. The minimum atomic E-state index is -1.98. The number of rotatable bonds is 7. The van der Waals surface area contributed by atoms with Crippen LogP contribution in [0.4, 0.5) is 0 Å². The summed E-state index contributed by atoms with van der Waals surface area (Å²) >= 11 is 0. The molecule has 1 atom stereocenters. The molecule has 0 amide bonds. The average Bonchev–Trinajstić information content (AvgIpc) is 2.12. The van der Waals surface area contributed by atoms with E-state index >= 15 is 0 Å². The molecule has 0 bridgehead atoms. The van der Waals surface area contributed by atoms with Crippen LogP contribution in [0.15, 0.2) is 0 Å². The third-order valence-corrected chi connectivity index (χ3v) is 1.95. The van der Waals surface area contributed by atoms with Gasteiger partial charge in [0, 0.05) is 0 Å². The van der Waals surface area contributed by atoms with E-state index in [0.29, 0.717) is 13.0 Å². The Kier molecular flexibility index (Phi) is 5.61. The normalized spacial score (nSPS) is 15.3. The molecule has 1 unspecified atom stereocenters. The Balaban J connectivity index is 3.78. The van der Waals surface area contributed by atoms with Crippen molar-refractivity contribution in [1.29, 1.82) is 0 Å². The van der Waals surface area contributed by atoms with E-state index in [1.807, 2.05) is 0 Å². The third kappa shape index (κ3) is 4.21. The maximum absolute atomic E-state index is 10.5.